The van der Waals surface area contributed by atoms with Crippen LogP contribution in [0.5, 0.6) is 0 Å². The van der Waals surface area contributed by atoms with E-state index in [4.69, 9.17) is 27.9 Å². The van der Waals surface area contributed by atoms with Gasteiger partial charge in [-0.3, -0.25) is 4.79 Å². The van der Waals surface area contributed by atoms with Crippen LogP contribution < -0.4 is 5.32 Å². The van der Waals surface area contributed by atoms with Gasteiger partial charge >= 0.3 is 6.09 Å². The Morgan fingerprint density at radius 3 is 2.36 bits per heavy atom. The Hall–Kier alpha value is -1.50. The lowest BCUT2D eigenvalue weighted by atomic mass is 9.99. The third-order valence-corrected chi connectivity index (χ3v) is 4.08. The maximum absolute atomic E-state index is 12.1. The number of carbonyl (C=O) groups excluding carboxylic acids is 2. The van der Waals surface area contributed by atoms with Crippen LogP contribution >= 0.6 is 23.2 Å². The van der Waals surface area contributed by atoms with Crippen LogP contribution in [-0.4, -0.2) is 47.2 Å². The SMILES string of the molecule is CC(C)(C)OC(=O)N1CC(C(=O)NC[C@@H](O)c2cc(Cl)cc(Cl)c2)C1. The monoisotopic (exact) mass is 388 g/mol. The fraction of sp³-hybridized carbons (Fsp3) is 0.529. The zero-order valence-corrected chi connectivity index (χ0v) is 15.9. The van der Waals surface area contributed by atoms with E-state index in [1.54, 1.807) is 39.0 Å². The Bertz CT molecular complexity index is 634. The van der Waals surface area contributed by atoms with E-state index >= 15 is 0 Å². The van der Waals surface area contributed by atoms with E-state index in [0.29, 0.717) is 28.7 Å². The lowest BCUT2D eigenvalue weighted by molar-refractivity contribution is -0.130. The molecule has 1 saturated heterocycles. The molecule has 1 aromatic rings. The maximum Gasteiger partial charge on any atom is 0.410 e. The van der Waals surface area contributed by atoms with Crippen molar-refractivity contribution >= 4 is 35.2 Å². The van der Waals surface area contributed by atoms with Crippen molar-refractivity contribution in [3.8, 4) is 0 Å². The van der Waals surface area contributed by atoms with E-state index < -0.39 is 17.8 Å². The maximum atomic E-state index is 12.1. The molecular weight excluding hydrogens is 367 g/mol. The van der Waals surface area contributed by atoms with Gasteiger partial charge in [-0.1, -0.05) is 23.2 Å². The number of halogens is 2. The zero-order valence-electron chi connectivity index (χ0n) is 14.4. The molecule has 1 heterocycles. The molecule has 25 heavy (non-hydrogen) atoms. The first-order valence-electron chi connectivity index (χ1n) is 7.95. The third kappa shape index (κ3) is 5.76. The standard InChI is InChI=1S/C17H22Cl2N2O4/c1-17(2,3)25-16(24)21-8-11(9-21)15(23)20-7-14(22)10-4-12(18)6-13(19)5-10/h4-6,11,14,22H,7-9H2,1-3H3,(H,20,23)/t14-/m1/s1. The number of ether oxygens (including phenoxy) is 1. The smallest absolute Gasteiger partial charge is 0.410 e. The minimum absolute atomic E-state index is 0.0401. The number of hydrogen-bond donors (Lipinski definition) is 2. The number of carbonyl (C=O) groups is 2. The molecule has 8 heteroatoms. The molecule has 2 rings (SSSR count). The van der Waals surface area contributed by atoms with Gasteiger partial charge in [0.15, 0.2) is 0 Å². The van der Waals surface area contributed by atoms with Gasteiger partial charge in [-0.05, 0) is 44.5 Å². The molecule has 138 valence electrons. The summed E-state index contributed by atoms with van der Waals surface area (Å²) in [7, 11) is 0. The summed E-state index contributed by atoms with van der Waals surface area (Å²) in [6, 6.07) is 4.76. The van der Waals surface area contributed by atoms with Crippen molar-refractivity contribution in [3.05, 3.63) is 33.8 Å². The van der Waals surface area contributed by atoms with Crippen molar-refractivity contribution < 1.29 is 19.4 Å². The van der Waals surface area contributed by atoms with Gasteiger partial charge in [0.2, 0.25) is 5.91 Å². The molecule has 0 saturated carbocycles. The highest BCUT2D eigenvalue weighted by Crippen LogP contribution is 2.24. The molecule has 0 spiro atoms. The topological polar surface area (TPSA) is 78.9 Å². The second kappa shape index (κ2) is 7.81. The summed E-state index contributed by atoms with van der Waals surface area (Å²) >= 11 is 11.8. The van der Waals surface area contributed by atoms with Crippen LogP contribution in [0.4, 0.5) is 4.79 Å². The predicted octanol–water partition coefficient (Wildman–Crippen LogP) is 3.01. The molecule has 1 atom stereocenters. The van der Waals surface area contributed by atoms with Crippen molar-refractivity contribution in [1.82, 2.24) is 10.2 Å². The zero-order chi connectivity index (χ0) is 18.8. The summed E-state index contributed by atoms with van der Waals surface area (Å²) in [5.41, 5.74) is -0.0333. The minimum atomic E-state index is -0.915. The molecule has 0 aromatic heterocycles. The van der Waals surface area contributed by atoms with Crippen molar-refractivity contribution in [2.75, 3.05) is 19.6 Å². The van der Waals surface area contributed by atoms with Gasteiger partial charge in [-0.15, -0.1) is 0 Å². The molecule has 0 bridgehead atoms. The molecule has 0 aliphatic carbocycles. The minimum Gasteiger partial charge on any atom is -0.444 e. The van der Waals surface area contributed by atoms with Gasteiger partial charge in [-0.25, -0.2) is 4.79 Å². The van der Waals surface area contributed by atoms with Crippen molar-refractivity contribution in [3.63, 3.8) is 0 Å². The van der Waals surface area contributed by atoms with Crippen LogP contribution in [0.2, 0.25) is 10.0 Å². The Morgan fingerprint density at radius 1 is 1.28 bits per heavy atom. The fourth-order valence-corrected chi connectivity index (χ4v) is 2.89. The average Bonchev–Trinajstić information content (AvgIpc) is 2.39. The molecule has 1 fully saturated rings. The Morgan fingerprint density at radius 2 is 1.84 bits per heavy atom. The summed E-state index contributed by atoms with van der Waals surface area (Å²) in [5, 5.41) is 13.7. The van der Waals surface area contributed by atoms with Crippen LogP contribution in [0.25, 0.3) is 0 Å². The van der Waals surface area contributed by atoms with Crippen molar-refractivity contribution in [2.24, 2.45) is 5.92 Å². The molecule has 0 unspecified atom stereocenters. The van der Waals surface area contributed by atoms with Crippen LogP contribution in [0.1, 0.15) is 32.4 Å². The highest BCUT2D eigenvalue weighted by Gasteiger charge is 2.37. The first-order chi connectivity index (χ1) is 11.5. The lowest BCUT2D eigenvalue weighted by Crippen LogP contribution is -2.56. The number of nitrogens with one attached hydrogen (secondary N) is 1. The summed E-state index contributed by atoms with van der Waals surface area (Å²) in [6.45, 7) is 6.02. The summed E-state index contributed by atoms with van der Waals surface area (Å²) in [6.07, 6.45) is -1.34. The van der Waals surface area contributed by atoms with E-state index in [9.17, 15) is 14.7 Å². The Balaban J connectivity index is 1.77. The van der Waals surface area contributed by atoms with Crippen molar-refractivity contribution in [2.45, 2.75) is 32.5 Å². The van der Waals surface area contributed by atoms with Gasteiger partial charge in [0.25, 0.3) is 0 Å². The number of aliphatic hydroxyl groups excluding tert-OH is 1. The average molecular weight is 389 g/mol. The number of amides is 2. The predicted molar refractivity (Wildman–Crippen MR) is 95.7 cm³/mol. The lowest BCUT2D eigenvalue weighted by Gasteiger charge is -2.38. The van der Waals surface area contributed by atoms with E-state index in [-0.39, 0.29) is 18.4 Å². The van der Waals surface area contributed by atoms with E-state index in [0.717, 1.165) is 0 Å². The second-order valence-corrected chi connectivity index (χ2v) is 7.92. The second-order valence-electron chi connectivity index (χ2n) is 7.05. The largest absolute Gasteiger partial charge is 0.444 e. The highest BCUT2D eigenvalue weighted by atomic mass is 35.5. The molecule has 1 aliphatic rings. The molecule has 2 amide bonds. The number of benzene rings is 1. The molecule has 1 aliphatic heterocycles. The number of rotatable bonds is 4. The summed E-state index contributed by atoms with van der Waals surface area (Å²) < 4.78 is 5.24. The van der Waals surface area contributed by atoms with Gasteiger partial charge in [-0.2, -0.15) is 0 Å². The number of aliphatic hydroxyl groups is 1. The number of nitrogens with zero attached hydrogens (tertiary/aromatic N) is 1. The molecule has 1 aromatic carbocycles. The van der Waals surface area contributed by atoms with Crippen LogP contribution in [-0.2, 0) is 9.53 Å². The number of likely N-dealkylation sites (tertiary alicyclic amines) is 1. The highest BCUT2D eigenvalue weighted by molar-refractivity contribution is 6.34. The first-order valence-corrected chi connectivity index (χ1v) is 8.70. The van der Waals surface area contributed by atoms with E-state index in [2.05, 4.69) is 5.32 Å². The number of hydrogen-bond acceptors (Lipinski definition) is 4. The molecule has 6 nitrogen and oxygen atoms in total. The summed E-state index contributed by atoms with van der Waals surface area (Å²) in [4.78, 5) is 25.4. The van der Waals surface area contributed by atoms with E-state index in [1.165, 1.54) is 4.90 Å². The van der Waals surface area contributed by atoms with Gasteiger partial charge in [0, 0.05) is 29.7 Å². The Kier molecular flexibility index (Phi) is 6.19. The van der Waals surface area contributed by atoms with Crippen LogP contribution in [0.15, 0.2) is 18.2 Å². The molecule has 0 radical (unpaired) electrons. The van der Waals surface area contributed by atoms with Gasteiger partial charge < -0.3 is 20.1 Å². The van der Waals surface area contributed by atoms with Crippen LogP contribution in [0, 0.1) is 5.92 Å². The van der Waals surface area contributed by atoms with Gasteiger partial charge in [0.05, 0.1) is 12.0 Å². The third-order valence-electron chi connectivity index (χ3n) is 3.64. The summed E-state index contributed by atoms with van der Waals surface area (Å²) in [5.74, 6) is -0.519. The van der Waals surface area contributed by atoms with Crippen LogP contribution in [0.3, 0.4) is 0 Å². The van der Waals surface area contributed by atoms with Crippen molar-refractivity contribution in [1.29, 1.82) is 0 Å². The molecule has 2 N–H and O–H groups in total. The first kappa shape index (κ1) is 19.8. The Labute approximate surface area is 157 Å². The van der Waals surface area contributed by atoms with Gasteiger partial charge in [0.1, 0.15) is 5.60 Å². The normalized spacial score (nSPS) is 16.2. The quantitative estimate of drug-likeness (QED) is 0.830. The van der Waals surface area contributed by atoms with E-state index in [1.807, 2.05) is 0 Å². The molecular formula is C17H22Cl2N2O4. The fourth-order valence-electron chi connectivity index (χ4n) is 2.35.